The summed E-state index contributed by atoms with van der Waals surface area (Å²) in [6.07, 6.45) is -0.533. The molecule has 0 aliphatic carbocycles. The summed E-state index contributed by atoms with van der Waals surface area (Å²) in [4.78, 5) is 58.6. The molecule has 3 rings (SSSR count). The van der Waals surface area contributed by atoms with Gasteiger partial charge >= 0.3 is 5.97 Å². The fourth-order valence-corrected chi connectivity index (χ4v) is 5.50. The number of aliphatic hydroxyl groups is 1. The minimum absolute atomic E-state index is 0.00794. The molecule has 1 aromatic heterocycles. The second-order valence-electron chi connectivity index (χ2n) is 11.3. The zero-order valence-corrected chi connectivity index (χ0v) is 25.2. The second-order valence-corrected chi connectivity index (χ2v) is 12.1. The highest BCUT2D eigenvalue weighted by Crippen LogP contribution is 2.30. The summed E-state index contributed by atoms with van der Waals surface area (Å²) in [7, 11) is 1.75. The quantitative estimate of drug-likeness (QED) is 0.278. The Hall–Kier alpha value is -3.35. The van der Waals surface area contributed by atoms with Crippen LogP contribution in [0, 0.1) is 12.3 Å². The van der Waals surface area contributed by atoms with Crippen LogP contribution < -0.4 is 10.6 Å². The van der Waals surface area contributed by atoms with E-state index >= 15 is 0 Å². The molecule has 12 heteroatoms. The van der Waals surface area contributed by atoms with Gasteiger partial charge in [-0.2, -0.15) is 0 Å². The van der Waals surface area contributed by atoms with Crippen molar-refractivity contribution < 1.29 is 29.4 Å². The van der Waals surface area contributed by atoms with Gasteiger partial charge in [-0.1, -0.05) is 24.3 Å². The third-order valence-corrected chi connectivity index (χ3v) is 8.69. The van der Waals surface area contributed by atoms with Gasteiger partial charge in [-0.25, -0.2) is 4.98 Å². The van der Waals surface area contributed by atoms with E-state index in [0.29, 0.717) is 13.1 Å². The predicted molar refractivity (Wildman–Crippen MR) is 156 cm³/mol. The number of carbonyl (C=O) groups excluding carboxylic acids is 3. The van der Waals surface area contributed by atoms with Crippen molar-refractivity contribution in [2.45, 2.75) is 71.7 Å². The number of thiazole rings is 1. The molecule has 1 aliphatic heterocycles. The van der Waals surface area contributed by atoms with Crippen LogP contribution in [0.2, 0.25) is 0 Å². The number of carboxylic acids is 1. The maximum absolute atomic E-state index is 13.6. The molecular formula is C29H41N5O6S. The number of aliphatic hydroxyl groups excluding tert-OH is 1. The highest BCUT2D eigenvalue weighted by Gasteiger charge is 2.46. The Bertz CT molecular complexity index is 1230. The first kappa shape index (κ1) is 32.2. The van der Waals surface area contributed by atoms with Gasteiger partial charge in [0.05, 0.1) is 34.0 Å². The van der Waals surface area contributed by atoms with Crippen LogP contribution in [-0.2, 0) is 25.7 Å². The number of aromatic nitrogens is 1. The number of amides is 3. The molecule has 1 saturated heterocycles. The lowest BCUT2D eigenvalue weighted by molar-refractivity contribution is -0.147. The number of aryl methyl sites for hydroxylation is 1. The minimum Gasteiger partial charge on any atom is -0.481 e. The van der Waals surface area contributed by atoms with Gasteiger partial charge in [-0.05, 0) is 45.9 Å². The van der Waals surface area contributed by atoms with Crippen molar-refractivity contribution >= 4 is 35.0 Å². The summed E-state index contributed by atoms with van der Waals surface area (Å²) in [5.74, 6) is -1.82. The van der Waals surface area contributed by atoms with Crippen LogP contribution in [0.3, 0.4) is 0 Å². The van der Waals surface area contributed by atoms with Crippen molar-refractivity contribution in [2.75, 3.05) is 26.7 Å². The topological polar surface area (TPSA) is 152 Å². The number of nitrogens with one attached hydrogen (secondary N) is 2. The first-order chi connectivity index (χ1) is 19.3. The molecule has 224 valence electrons. The molecule has 3 atom stereocenters. The van der Waals surface area contributed by atoms with Crippen molar-refractivity contribution in [3.63, 3.8) is 0 Å². The summed E-state index contributed by atoms with van der Waals surface area (Å²) in [6.45, 7) is 8.17. The van der Waals surface area contributed by atoms with Crippen molar-refractivity contribution in [1.82, 2.24) is 25.4 Å². The van der Waals surface area contributed by atoms with Gasteiger partial charge in [-0.3, -0.25) is 19.2 Å². The Morgan fingerprint density at radius 2 is 1.83 bits per heavy atom. The van der Waals surface area contributed by atoms with Crippen molar-refractivity contribution in [2.24, 2.45) is 5.41 Å². The van der Waals surface area contributed by atoms with E-state index in [9.17, 15) is 24.3 Å². The van der Waals surface area contributed by atoms with E-state index in [1.807, 2.05) is 36.7 Å². The average molecular weight is 588 g/mol. The third-order valence-electron chi connectivity index (χ3n) is 7.71. The Labute approximate surface area is 244 Å². The standard InChI is InChI=1S/C29H41N5O6S/c1-18-26(41-17-31-18)21-8-6-20(7-9-21)15-30-27(39)23-14-22(35)16-34(23)28(40)29(3,4)19(2)32-24(36)10-12-33(5)13-11-25(37)38/h6-9,17,19,22-23,35H,10-16H2,1-5H3,(H,30,39)(H,32,36)(H,37,38)/t19-,22+,23-/m0/s1. The molecule has 3 amide bonds. The SMILES string of the molecule is Cc1ncsc1-c1ccc(CNC(=O)[C@@H]2C[C@@H](O)CN2C(=O)C(C)(C)[C@H](C)NC(=O)CCN(C)CCC(=O)O)cc1. The maximum Gasteiger partial charge on any atom is 0.304 e. The number of hydrogen-bond acceptors (Lipinski definition) is 8. The molecule has 1 aliphatic rings. The van der Waals surface area contributed by atoms with E-state index in [0.717, 1.165) is 21.7 Å². The fraction of sp³-hybridized carbons (Fsp3) is 0.552. The molecule has 11 nitrogen and oxygen atoms in total. The molecule has 4 N–H and O–H groups in total. The van der Waals surface area contributed by atoms with Crippen molar-refractivity contribution in [1.29, 1.82) is 0 Å². The highest BCUT2D eigenvalue weighted by atomic mass is 32.1. The number of aliphatic carboxylic acids is 1. The normalized spacial score (nSPS) is 17.9. The molecule has 0 unspecified atom stereocenters. The van der Waals surface area contributed by atoms with Gasteiger partial charge in [0, 0.05) is 45.1 Å². The molecule has 0 radical (unpaired) electrons. The summed E-state index contributed by atoms with van der Waals surface area (Å²) >= 11 is 1.57. The first-order valence-electron chi connectivity index (χ1n) is 13.8. The van der Waals surface area contributed by atoms with Crippen LogP contribution in [0.25, 0.3) is 10.4 Å². The number of nitrogens with zero attached hydrogens (tertiary/aromatic N) is 3. The Morgan fingerprint density at radius 1 is 1.17 bits per heavy atom. The highest BCUT2D eigenvalue weighted by molar-refractivity contribution is 7.13. The van der Waals surface area contributed by atoms with Crippen LogP contribution in [0.15, 0.2) is 29.8 Å². The van der Waals surface area contributed by atoms with Gasteiger partial charge < -0.3 is 30.6 Å². The Balaban J connectivity index is 1.56. The van der Waals surface area contributed by atoms with Crippen molar-refractivity contribution in [3.8, 4) is 10.4 Å². The van der Waals surface area contributed by atoms with E-state index in [-0.39, 0.29) is 50.1 Å². The van der Waals surface area contributed by atoms with Gasteiger partial charge in [0.2, 0.25) is 17.7 Å². The maximum atomic E-state index is 13.6. The lowest BCUT2D eigenvalue weighted by atomic mass is 9.83. The van der Waals surface area contributed by atoms with Gasteiger partial charge in [0.25, 0.3) is 0 Å². The van der Waals surface area contributed by atoms with Crippen LogP contribution in [0.1, 0.15) is 51.3 Å². The van der Waals surface area contributed by atoms with Gasteiger partial charge in [0.1, 0.15) is 6.04 Å². The number of carbonyl (C=O) groups is 4. The van der Waals surface area contributed by atoms with Gasteiger partial charge in [-0.15, -0.1) is 11.3 Å². The van der Waals surface area contributed by atoms with E-state index < -0.39 is 29.6 Å². The largest absolute Gasteiger partial charge is 0.481 e. The van der Waals surface area contributed by atoms with E-state index in [4.69, 9.17) is 5.11 Å². The Kier molecular flexibility index (Phi) is 11.0. The average Bonchev–Trinajstić information content (AvgIpc) is 3.54. The minimum atomic E-state index is -1.04. The monoisotopic (exact) mass is 587 g/mol. The van der Waals surface area contributed by atoms with Crippen LogP contribution >= 0.6 is 11.3 Å². The molecule has 41 heavy (non-hydrogen) atoms. The van der Waals surface area contributed by atoms with Crippen LogP contribution in [0.5, 0.6) is 0 Å². The first-order valence-corrected chi connectivity index (χ1v) is 14.6. The molecule has 1 fully saturated rings. The number of likely N-dealkylation sites (tertiary alicyclic amines) is 1. The zero-order chi connectivity index (χ0) is 30.3. The van der Waals surface area contributed by atoms with Crippen LogP contribution in [-0.4, -0.2) is 93.6 Å². The third kappa shape index (κ3) is 8.57. The lowest BCUT2D eigenvalue weighted by Gasteiger charge is -2.36. The van der Waals surface area contributed by atoms with E-state index in [2.05, 4.69) is 15.6 Å². The smallest absolute Gasteiger partial charge is 0.304 e. The Morgan fingerprint density at radius 3 is 2.44 bits per heavy atom. The summed E-state index contributed by atoms with van der Waals surface area (Å²) in [5, 5.41) is 24.9. The molecular weight excluding hydrogens is 546 g/mol. The lowest BCUT2D eigenvalue weighted by Crippen LogP contribution is -2.55. The summed E-state index contributed by atoms with van der Waals surface area (Å²) < 4.78 is 0. The number of hydrogen-bond donors (Lipinski definition) is 4. The predicted octanol–water partition coefficient (Wildman–Crippen LogP) is 2.02. The summed E-state index contributed by atoms with van der Waals surface area (Å²) in [5.41, 5.74) is 3.70. The van der Waals surface area contributed by atoms with E-state index in [1.54, 1.807) is 44.1 Å². The number of rotatable bonds is 13. The molecule has 2 heterocycles. The zero-order valence-electron chi connectivity index (χ0n) is 24.3. The number of benzene rings is 1. The van der Waals surface area contributed by atoms with Crippen molar-refractivity contribution in [3.05, 3.63) is 41.0 Å². The fourth-order valence-electron chi connectivity index (χ4n) is 4.69. The molecule has 0 bridgehead atoms. The molecule has 2 aromatic rings. The number of β-amino-alcohol motifs (C(OH)–C–C–N with tert-alkyl or cyclic N) is 1. The second kappa shape index (κ2) is 14.0. The van der Waals surface area contributed by atoms with Gasteiger partial charge in [0.15, 0.2) is 0 Å². The summed E-state index contributed by atoms with van der Waals surface area (Å²) in [6, 6.07) is 6.50. The molecule has 0 spiro atoms. The van der Waals surface area contributed by atoms with Crippen LogP contribution in [0.4, 0.5) is 0 Å². The number of carboxylic acid groups (broad SMARTS) is 1. The molecule has 0 saturated carbocycles. The van der Waals surface area contributed by atoms with E-state index in [1.165, 1.54) is 4.90 Å². The molecule has 1 aromatic carbocycles.